The first-order valence-electron chi connectivity index (χ1n) is 4.25. The second-order valence-corrected chi connectivity index (χ2v) is 5.13. The molecule has 0 amide bonds. The van der Waals surface area contributed by atoms with Crippen molar-refractivity contribution in [1.29, 1.82) is 0 Å². The highest BCUT2D eigenvalue weighted by atomic mass is 35.5. The van der Waals surface area contributed by atoms with E-state index < -0.39 is 10.0 Å². The number of rotatable bonds is 4. The molecule has 0 aliphatic rings. The highest BCUT2D eigenvalue weighted by Gasteiger charge is 2.08. The Hall–Kier alpha value is -0.580. The van der Waals surface area contributed by atoms with E-state index in [-0.39, 0.29) is 5.75 Å². The van der Waals surface area contributed by atoms with Crippen LogP contribution in [0.15, 0.2) is 24.3 Å². The highest BCUT2D eigenvalue weighted by molar-refractivity contribution is 7.88. The minimum Gasteiger partial charge on any atom is -0.215 e. The van der Waals surface area contributed by atoms with Gasteiger partial charge in [-0.05, 0) is 17.7 Å². The SMILES string of the molecule is CCNS(=O)(=O)Cc1ccc(Cl)cc1. The van der Waals surface area contributed by atoms with Crippen LogP contribution in [0, 0.1) is 0 Å². The summed E-state index contributed by atoms with van der Waals surface area (Å²) in [6.45, 7) is 2.16. The van der Waals surface area contributed by atoms with Gasteiger partial charge in [0.15, 0.2) is 0 Å². The molecule has 0 unspecified atom stereocenters. The molecule has 5 heteroatoms. The smallest absolute Gasteiger partial charge is 0.215 e. The summed E-state index contributed by atoms with van der Waals surface area (Å²) in [6.07, 6.45) is 0. The van der Waals surface area contributed by atoms with E-state index in [1.807, 2.05) is 0 Å². The lowest BCUT2D eigenvalue weighted by Gasteiger charge is -2.04. The number of hydrogen-bond donors (Lipinski definition) is 1. The Morgan fingerprint density at radius 2 is 1.86 bits per heavy atom. The third kappa shape index (κ3) is 3.65. The van der Waals surface area contributed by atoms with Gasteiger partial charge in [0.25, 0.3) is 0 Å². The number of benzene rings is 1. The van der Waals surface area contributed by atoms with E-state index in [0.717, 1.165) is 5.56 Å². The van der Waals surface area contributed by atoms with Crippen molar-refractivity contribution in [2.45, 2.75) is 12.7 Å². The van der Waals surface area contributed by atoms with Gasteiger partial charge in [-0.3, -0.25) is 0 Å². The summed E-state index contributed by atoms with van der Waals surface area (Å²) >= 11 is 5.68. The van der Waals surface area contributed by atoms with Crippen molar-refractivity contribution in [2.75, 3.05) is 6.54 Å². The lowest BCUT2D eigenvalue weighted by Crippen LogP contribution is -2.24. The summed E-state index contributed by atoms with van der Waals surface area (Å²) in [7, 11) is -3.19. The van der Waals surface area contributed by atoms with E-state index in [1.165, 1.54) is 0 Å². The molecule has 0 saturated carbocycles. The fraction of sp³-hybridized carbons (Fsp3) is 0.333. The molecule has 0 aromatic heterocycles. The maximum atomic E-state index is 11.3. The van der Waals surface area contributed by atoms with Crippen LogP contribution < -0.4 is 4.72 Å². The van der Waals surface area contributed by atoms with Crippen molar-refractivity contribution >= 4 is 21.6 Å². The molecule has 0 heterocycles. The molecule has 0 radical (unpaired) electrons. The standard InChI is InChI=1S/C9H12ClNO2S/c1-2-11-14(12,13)7-8-3-5-9(10)6-4-8/h3-6,11H,2,7H2,1H3. The normalized spacial score (nSPS) is 11.6. The number of sulfonamides is 1. The molecule has 1 aromatic rings. The third-order valence-corrected chi connectivity index (χ3v) is 3.33. The molecular formula is C9H12ClNO2S. The second-order valence-electron chi connectivity index (χ2n) is 2.88. The summed E-state index contributed by atoms with van der Waals surface area (Å²) < 4.78 is 25.1. The zero-order valence-electron chi connectivity index (χ0n) is 7.83. The number of halogens is 1. The van der Waals surface area contributed by atoms with E-state index in [1.54, 1.807) is 31.2 Å². The van der Waals surface area contributed by atoms with E-state index in [0.29, 0.717) is 11.6 Å². The van der Waals surface area contributed by atoms with E-state index in [9.17, 15) is 8.42 Å². The van der Waals surface area contributed by atoms with Crippen molar-refractivity contribution in [3.8, 4) is 0 Å². The lowest BCUT2D eigenvalue weighted by atomic mass is 10.2. The van der Waals surface area contributed by atoms with Crippen LogP contribution in [-0.2, 0) is 15.8 Å². The Balaban J connectivity index is 2.74. The zero-order valence-corrected chi connectivity index (χ0v) is 9.40. The van der Waals surface area contributed by atoms with Gasteiger partial charge in [-0.15, -0.1) is 0 Å². The van der Waals surface area contributed by atoms with Crippen LogP contribution >= 0.6 is 11.6 Å². The van der Waals surface area contributed by atoms with Gasteiger partial charge in [0.05, 0.1) is 5.75 Å². The van der Waals surface area contributed by atoms with Gasteiger partial charge in [-0.25, -0.2) is 13.1 Å². The molecule has 0 spiro atoms. The Morgan fingerprint density at radius 3 is 2.36 bits per heavy atom. The Morgan fingerprint density at radius 1 is 1.29 bits per heavy atom. The average Bonchev–Trinajstić information content (AvgIpc) is 2.08. The molecule has 1 aromatic carbocycles. The van der Waals surface area contributed by atoms with Crippen molar-refractivity contribution in [3.05, 3.63) is 34.9 Å². The summed E-state index contributed by atoms with van der Waals surface area (Å²) in [5, 5.41) is 0.606. The molecule has 1 N–H and O–H groups in total. The molecule has 0 aliphatic heterocycles. The maximum absolute atomic E-state index is 11.3. The fourth-order valence-electron chi connectivity index (χ4n) is 1.07. The fourth-order valence-corrected chi connectivity index (χ4v) is 2.37. The molecule has 0 fully saturated rings. The average molecular weight is 234 g/mol. The van der Waals surface area contributed by atoms with Gasteiger partial charge in [0, 0.05) is 11.6 Å². The predicted molar refractivity (Wildman–Crippen MR) is 57.8 cm³/mol. The predicted octanol–water partition coefficient (Wildman–Crippen LogP) is 1.78. The maximum Gasteiger partial charge on any atom is 0.215 e. The first-order chi connectivity index (χ1) is 6.53. The van der Waals surface area contributed by atoms with Crippen molar-refractivity contribution in [3.63, 3.8) is 0 Å². The van der Waals surface area contributed by atoms with Gasteiger partial charge in [-0.2, -0.15) is 0 Å². The van der Waals surface area contributed by atoms with Gasteiger partial charge in [0.2, 0.25) is 10.0 Å². The highest BCUT2D eigenvalue weighted by Crippen LogP contribution is 2.11. The van der Waals surface area contributed by atoms with Crippen LogP contribution in [0.2, 0.25) is 5.02 Å². The monoisotopic (exact) mass is 233 g/mol. The van der Waals surface area contributed by atoms with Crippen LogP contribution in [0.1, 0.15) is 12.5 Å². The minimum absolute atomic E-state index is 0.00198. The molecule has 0 saturated heterocycles. The lowest BCUT2D eigenvalue weighted by molar-refractivity contribution is 0.583. The quantitative estimate of drug-likeness (QED) is 0.862. The summed E-state index contributed by atoms with van der Waals surface area (Å²) in [5.41, 5.74) is 0.732. The Kier molecular flexibility index (Phi) is 3.92. The zero-order chi connectivity index (χ0) is 10.6. The molecular weight excluding hydrogens is 222 g/mol. The molecule has 78 valence electrons. The molecule has 0 atom stereocenters. The van der Waals surface area contributed by atoms with Crippen LogP contribution in [-0.4, -0.2) is 15.0 Å². The minimum atomic E-state index is -3.19. The van der Waals surface area contributed by atoms with Crippen molar-refractivity contribution in [1.82, 2.24) is 4.72 Å². The topological polar surface area (TPSA) is 46.2 Å². The summed E-state index contributed by atoms with van der Waals surface area (Å²) in [6, 6.07) is 6.77. The third-order valence-electron chi connectivity index (χ3n) is 1.63. The molecule has 0 aliphatic carbocycles. The Bertz CT molecular complexity index is 386. The summed E-state index contributed by atoms with van der Waals surface area (Å²) in [5.74, 6) is -0.00198. The van der Waals surface area contributed by atoms with Gasteiger partial charge >= 0.3 is 0 Å². The van der Waals surface area contributed by atoms with Crippen LogP contribution in [0.25, 0.3) is 0 Å². The molecule has 1 rings (SSSR count). The van der Waals surface area contributed by atoms with Gasteiger partial charge in [-0.1, -0.05) is 30.7 Å². The largest absolute Gasteiger partial charge is 0.215 e. The molecule has 0 bridgehead atoms. The van der Waals surface area contributed by atoms with Gasteiger partial charge < -0.3 is 0 Å². The van der Waals surface area contributed by atoms with Crippen molar-refractivity contribution in [2.24, 2.45) is 0 Å². The number of nitrogens with one attached hydrogen (secondary N) is 1. The van der Waals surface area contributed by atoms with Crippen molar-refractivity contribution < 1.29 is 8.42 Å². The van der Waals surface area contributed by atoms with Crippen LogP contribution in [0.4, 0.5) is 0 Å². The van der Waals surface area contributed by atoms with E-state index >= 15 is 0 Å². The van der Waals surface area contributed by atoms with Crippen LogP contribution in [0.5, 0.6) is 0 Å². The van der Waals surface area contributed by atoms with Crippen LogP contribution in [0.3, 0.4) is 0 Å². The molecule has 14 heavy (non-hydrogen) atoms. The van der Waals surface area contributed by atoms with Gasteiger partial charge in [0.1, 0.15) is 0 Å². The Labute approximate surface area is 89.1 Å². The van der Waals surface area contributed by atoms with E-state index in [4.69, 9.17) is 11.6 Å². The first-order valence-corrected chi connectivity index (χ1v) is 6.28. The molecule has 3 nitrogen and oxygen atoms in total. The van der Waals surface area contributed by atoms with E-state index in [2.05, 4.69) is 4.72 Å². The number of hydrogen-bond acceptors (Lipinski definition) is 2. The first kappa shape index (κ1) is 11.5. The summed E-state index contributed by atoms with van der Waals surface area (Å²) in [4.78, 5) is 0. The second kappa shape index (κ2) is 4.77.